The number of rotatable bonds is 1. The number of carbonyl (C=O) groups excluding carboxylic acids is 1. The van der Waals surface area contributed by atoms with Crippen molar-refractivity contribution >= 4 is 43.6 Å². The first-order valence-electron chi connectivity index (χ1n) is 8.35. The van der Waals surface area contributed by atoms with Crippen LogP contribution in [-0.4, -0.2) is 27.3 Å². The van der Waals surface area contributed by atoms with Crippen LogP contribution in [0.5, 0.6) is 0 Å². The van der Waals surface area contributed by atoms with Crippen molar-refractivity contribution in [1.29, 1.82) is 0 Å². The summed E-state index contributed by atoms with van der Waals surface area (Å²) in [5.41, 5.74) is 5.34. The number of hydrogen-bond donors (Lipinski definition) is 2. The molecule has 3 heterocycles. The summed E-state index contributed by atoms with van der Waals surface area (Å²) >= 11 is 3.61. The molecule has 0 fully saturated rings. The fourth-order valence-corrected chi connectivity index (χ4v) is 4.26. The van der Waals surface area contributed by atoms with Gasteiger partial charge in [-0.15, -0.1) is 0 Å². The van der Waals surface area contributed by atoms with Crippen molar-refractivity contribution in [2.45, 2.75) is 13.0 Å². The highest BCUT2D eigenvalue weighted by atomic mass is 79.9. The minimum atomic E-state index is 0.0902. The molecular formula is C20H16BrN3O. The maximum atomic E-state index is 13.1. The third-order valence-corrected chi connectivity index (χ3v) is 5.73. The Morgan fingerprint density at radius 2 is 1.92 bits per heavy atom. The van der Waals surface area contributed by atoms with Crippen LogP contribution in [0.2, 0.25) is 0 Å². The van der Waals surface area contributed by atoms with E-state index in [0.717, 1.165) is 39.4 Å². The lowest BCUT2D eigenvalue weighted by molar-refractivity contribution is 0.0737. The number of amides is 1. The number of fused-ring (bicyclic) bond motifs is 4. The van der Waals surface area contributed by atoms with E-state index in [0.29, 0.717) is 6.54 Å². The molecule has 2 aromatic carbocycles. The van der Waals surface area contributed by atoms with Crippen LogP contribution in [0.1, 0.15) is 21.6 Å². The largest absolute Gasteiger partial charge is 0.360 e. The summed E-state index contributed by atoms with van der Waals surface area (Å²) < 4.78 is 1.06. The second-order valence-electron chi connectivity index (χ2n) is 6.47. The van der Waals surface area contributed by atoms with Crippen molar-refractivity contribution in [2.24, 2.45) is 0 Å². The van der Waals surface area contributed by atoms with Gasteiger partial charge in [0.05, 0.1) is 11.1 Å². The zero-order chi connectivity index (χ0) is 17.0. The molecule has 4 aromatic rings. The fourth-order valence-electron chi connectivity index (χ4n) is 3.79. The van der Waals surface area contributed by atoms with Gasteiger partial charge in [-0.3, -0.25) is 4.79 Å². The second-order valence-corrected chi connectivity index (χ2v) is 7.32. The number of aromatic nitrogens is 2. The minimum Gasteiger partial charge on any atom is -0.360 e. The molecule has 0 saturated carbocycles. The van der Waals surface area contributed by atoms with E-state index in [-0.39, 0.29) is 5.91 Å². The Labute approximate surface area is 153 Å². The molecule has 25 heavy (non-hydrogen) atoms. The van der Waals surface area contributed by atoms with E-state index in [2.05, 4.69) is 32.0 Å². The third-order valence-electron chi connectivity index (χ3n) is 5.07. The van der Waals surface area contributed by atoms with Crippen molar-refractivity contribution in [3.05, 3.63) is 70.0 Å². The van der Waals surface area contributed by atoms with Gasteiger partial charge in [0.25, 0.3) is 5.91 Å². The normalized spacial score (nSPS) is 14.2. The van der Waals surface area contributed by atoms with Crippen LogP contribution < -0.4 is 0 Å². The fraction of sp³-hybridized carbons (Fsp3) is 0.150. The molecule has 5 heteroatoms. The Morgan fingerprint density at radius 1 is 1.08 bits per heavy atom. The number of para-hydroxylation sites is 2. The summed E-state index contributed by atoms with van der Waals surface area (Å²) in [6.45, 7) is 1.37. The molecule has 0 bridgehead atoms. The van der Waals surface area contributed by atoms with Crippen LogP contribution in [-0.2, 0) is 13.0 Å². The number of nitrogens with one attached hydrogen (secondary N) is 2. The Balaban J connectivity index is 1.54. The molecule has 4 nitrogen and oxygen atoms in total. The first-order valence-corrected chi connectivity index (χ1v) is 9.15. The molecule has 124 valence electrons. The van der Waals surface area contributed by atoms with Gasteiger partial charge in [0.2, 0.25) is 0 Å². The summed E-state index contributed by atoms with van der Waals surface area (Å²) in [5.74, 6) is 0.0902. The summed E-state index contributed by atoms with van der Waals surface area (Å²) in [6, 6.07) is 14.1. The Morgan fingerprint density at radius 3 is 2.84 bits per heavy atom. The van der Waals surface area contributed by atoms with E-state index in [1.165, 1.54) is 16.6 Å². The van der Waals surface area contributed by atoms with Crippen LogP contribution in [0.25, 0.3) is 21.8 Å². The van der Waals surface area contributed by atoms with Gasteiger partial charge in [-0.2, -0.15) is 0 Å². The molecule has 1 amide bonds. The summed E-state index contributed by atoms with van der Waals surface area (Å²) in [6.07, 6.45) is 2.68. The maximum absolute atomic E-state index is 13.1. The smallest absolute Gasteiger partial charge is 0.256 e. The van der Waals surface area contributed by atoms with Crippen molar-refractivity contribution < 1.29 is 4.79 Å². The highest BCUT2D eigenvalue weighted by Gasteiger charge is 2.26. The SMILES string of the molecule is O=C(c1c[nH]c2ccccc12)N1CCc2[nH]c3c(Br)cccc3c2C1. The van der Waals surface area contributed by atoms with Crippen LogP contribution in [0, 0.1) is 0 Å². The Bertz CT molecular complexity index is 1120. The first kappa shape index (κ1) is 14.8. The van der Waals surface area contributed by atoms with E-state index in [1.807, 2.05) is 47.5 Å². The number of benzene rings is 2. The lowest BCUT2D eigenvalue weighted by atomic mass is 10.0. The number of H-pyrrole nitrogens is 2. The molecule has 0 radical (unpaired) electrons. The molecule has 0 spiro atoms. The molecule has 0 atom stereocenters. The molecule has 5 rings (SSSR count). The van der Waals surface area contributed by atoms with Gasteiger partial charge in [-0.25, -0.2) is 0 Å². The summed E-state index contributed by atoms with van der Waals surface area (Å²) in [4.78, 5) is 21.8. The maximum Gasteiger partial charge on any atom is 0.256 e. The van der Waals surface area contributed by atoms with Crippen LogP contribution in [0.15, 0.2) is 53.1 Å². The molecule has 2 aromatic heterocycles. The lowest BCUT2D eigenvalue weighted by Crippen LogP contribution is -2.35. The van der Waals surface area contributed by atoms with E-state index >= 15 is 0 Å². The minimum absolute atomic E-state index is 0.0902. The number of nitrogens with zero attached hydrogens (tertiary/aromatic N) is 1. The predicted molar refractivity (Wildman–Crippen MR) is 103 cm³/mol. The zero-order valence-electron chi connectivity index (χ0n) is 13.5. The molecule has 0 saturated heterocycles. The Kier molecular flexibility index (Phi) is 3.25. The number of halogens is 1. The van der Waals surface area contributed by atoms with E-state index < -0.39 is 0 Å². The molecule has 0 unspecified atom stereocenters. The van der Waals surface area contributed by atoms with Gasteiger partial charge >= 0.3 is 0 Å². The van der Waals surface area contributed by atoms with E-state index in [1.54, 1.807) is 0 Å². The average Bonchev–Trinajstić information content (AvgIpc) is 3.23. The van der Waals surface area contributed by atoms with E-state index in [4.69, 9.17) is 0 Å². The van der Waals surface area contributed by atoms with Crippen molar-refractivity contribution in [3.63, 3.8) is 0 Å². The Hall–Kier alpha value is -2.53. The van der Waals surface area contributed by atoms with Crippen LogP contribution >= 0.6 is 15.9 Å². The highest BCUT2D eigenvalue weighted by Crippen LogP contribution is 2.32. The van der Waals surface area contributed by atoms with Crippen molar-refractivity contribution in [1.82, 2.24) is 14.9 Å². The molecule has 1 aliphatic heterocycles. The summed E-state index contributed by atoms with van der Waals surface area (Å²) in [7, 11) is 0. The third kappa shape index (κ3) is 2.23. The molecule has 0 aliphatic carbocycles. The summed E-state index contributed by atoms with van der Waals surface area (Å²) in [5, 5.41) is 2.18. The average molecular weight is 394 g/mol. The van der Waals surface area contributed by atoms with Gasteiger partial charge in [0.1, 0.15) is 0 Å². The van der Waals surface area contributed by atoms with Gasteiger partial charge < -0.3 is 14.9 Å². The number of aromatic amines is 2. The van der Waals surface area contributed by atoms with Crippen LogP contribution in [0.4, 0.5) is 0 Å². The topological polar surface area (TPSA) is 51.9 Å². The predicted octanol–water partition coefficient (Wildman–Crippen LogP) is 4.61. The van der Waals surface area contributed by atoms with Crippen molar-refractivity contribution in [3.8, 4) is 0 Å². The van der Waals surface area contributed by atoms with Crippen LogP contribution in [0.3, 0.4) is 0 Å². The number of carbonyl (C=O) groups is 1. The standard InChI is InChI=1S/C20H16BrN3O/c21-16-6-3-5-13-15-11-24(9-8-18(15)23-19(13)16)20(25)14-10-22-17-7-2-1-4-12(14)17/h1-7,10,22-23H,8-9,11H2. The van der Waals surface area contributed by atoms with Crippen molar-refractivity contribution in [2.75, 3.05) is 6.54 Å². The molecule has 2 N–H and O–H groups in total. The van der Waals surface area contributed by atoms with Gasteiger partial charge in [-0.1, -0.05) is 30.3 Å². The molecular weight excluding hydrogens is 378 g/mol. The van der Waals surface area contributed by atoms with Gasteiger partial charge in [0.15, 0.2) is 0 Å². The first-order chi connectivity index (χ1) is 12.2. The highest BCUT2D eigenvalue weighted by molar-refractivity contribution is 9.10. The quantitative estimate of drug-likeness (QED) is 0.487. The molecule has 1 aliphatic rings. The monoisotopic (exact) mass is 393 g/mol. The number of hydrogen-bond acceptors (Lipinski definition) is 1. The van der Waals surface area contributed by atoms with Gasteiger partial charge in [0, 0.05) is 57.7 Å². The second kappa shape index (κ2) is 5.49. The lowest BCUT2D eigenvalue weighted by Gasteiger charge is -2.27. The zero-order valence-corrected chi connectivity index (χ0v) is 15.1. The van der Waals surface area contributed by atoms with Gasteiger partial charge in [-0.05, 0) is 28.1 Å². The van der Waals surface area contributed by atoms with E-state index in [9.17, 15) is 4.79 Å².